The maximum atomic E-state index is 10.0. The van der Waals surface area contributed by atoms with Crippen molar-refractivity contribution in [3.05, 3.63) is 253 Å². The van der Waals surface area contributed by atoms with E-state index >= 15 is 0 Å². The van der Waals surface area contributed by atoms with Crippen LogP contribution in [0.2, 0.25) is 0 Å². The smallest absolute Gasteiger partial charge is 0.227 e. The molecular formula is C60H38N2OS. The van der Waals surface area contributed by atoms with Crippen LogP contribution in [-0.2, 0) is 5.41 Å². The standard InChI is InChI=1S/C60H38N2OS/c1-3-16-39(17-4-1)40-30-33-45(34-31-40)62(46-22-15-21-44(38-46)60(43-19-5-2-6-20-43)51-26-11-9-24-48(51)49-25-10-12-27-52(49)60)54-37-42(59-61-53-28-13-14-29-55(53)63-59)36-50-57-47-23-8-7-18-41(47)32-35-56(57)64-58(50)54/h1-38H/i1D,3D,4D,16D,17D,30D,31D,33D,34D. The average molecular weight is 844 g/mol. The topological polar surface area (TPSA) is 29.3 Å². The van der Waals surface area contributed by atoms with Crippen LogP contribution in [0.25, 0.3) is 75.8 Å². The van der Waals surface area contributed by atoms with Crippen molar-refractivity contribution < 1.29 is 16.8 Å². The molecule has 12 aromatic rings. The lowest BCUT2D eigenvalue weighted by molar-refractivity contribution is 0.620. The highest BCUT2D eigenvalue weighted by molar-refractivity contribution is 7.26. The molecule has 0 radical (unpaired) electrons. The fourth-order valence-electron chi connectivity index (χ4n) is 9.81. The first-order chi connectivity index (χ1) is 35.5. The molecule has 2 aromatic heterocycles. The molecule has 0 atom stereocenters. The van der Waals surface area contributed by atoms with Gasteiger partial charge in [0.05, 0.1) is 28.1 Å². The Morgan fingerprint density at radius 2 is 1.20 bits per heavy atom. The Morgan fingerprint density at radius 3 is 2.00 bits per heavy atom. The van der Waals surface area contributed by atoms with Gasteiger partial charge in [0.2, 0.25) is 5.89 Å². The first kappa shape index (κ1) is 28.5. The summed E-state index contributed by atoms with van der Waals surface area (Å²) in [6.45, 7) is 0. The normalized spacial score (nSPS) is 14.8. The summed E-state index contributed by atoms with van der Waals surface area (Å²) in [7, 11) is 0. The highest BCUT2D eigenvalue weighted by atomic mass is 32.1. The van der Waals surface area contributed by atoms with E-state index in [0.717, 1.165) is 64.3 Å². The molecule has 0 fully saturated rings. The van der Waals surface area contributed by atoms with Crippen molar-refractivity contribution in [1.29, 1.82) is 0 Å². The van der Waals surface area contributed by atoms with Crippen LogP contribution in [0.4, 0.5) is 17.1 Å². The molecule has 0 N–H and O–H groups in total. The summed E-state index contributed by atoms with van der Waals surface area (Å²) >= 11 is 1.55. The second-order valence-corrected chi connectivity index (χ2v) is 17.0. The summed E-state index contributed by atoms with van der Waals surface area (Å²) in [5, 5.41) is 3.91. The van der Waals surface area contributed by atoms with Gasteiger partial charge in [-0.1, -0.05) is 176 Å². The van der Waals surface area contributed by atoms with Crippen molar-refractivity contribution in [2.24, 2.45) is 0 Å². The van der Waals surface area contributed by atoms with Gasteiger partial charge in [0.25, 0.3) is 0 Å². The summed E-state index contributed by atoms with van der Waals surface area (Å²) in [6.07, 6.45) is 0. The minimum absolute atomic E-state index is 0.109. The van der Waals surface area contributed by atoms with E-state index in [4.69, 9.17) is 16.3 Å². The van der Waals surface area contributed by atoms with Gasteiger partial charge in [0.15, 0.2) is 5.58 Å². The molecule has 0 spiro atoms. The van der Waals surface area contributed by atoms with Gasteiger partial charge in [-0.05, 0) is 110 Å². The van der Waals surface area contributed by atoms with E-state index in [1.165, 1.54) is 0 Å². The Hall–Kier alpha value is -8.05. The minimum Gasteiger partial charge on any atom is -0.436 e. The zero-order valence-electron chi connectivity index (χ0n) is 43.0. The van der Waals surface area contributed by atoms with Crippen LogP contribution in [0.3, 0.4) is 0 Å². The average Bonchev–Trinajstić information content (AvgIpc) is 4.13. The van der Waals surface area contributed by atoms with E-state index in [1.54, 1.807) is 16.2 Å². The highest BCUT2D eigenvalue weighted by Crippen LogP contribution is 2.57. The predicted octanol–water partition coefficient (Wildman–Crippen LogP) is 16.5. The van der Waals surface area contributed by atoms with Crippen molar-refractivity contribution in [3.8, 4) is 33.7 Å². The molecule has 64 heavy (non-hydrogen) atoms. The maximum Gasteiger partial charge on any atom is 0.227 e. The summed E-state index contributed by atoms with van der Waals surface area (Å²) in [5.74, 6) is 0.343. The number of anilines is 3. The second-order valence-electron chi connectivity index (χ2n) is 15.9. The van der Waals surface area contributed by atoms with Crippen molar-refractivity contribution in [2.45, 2.75) is 5.41 Å². The van der Waals surface area contributed by atoms with Gasteiger partial charge in [-0.3, -0.25) is 0 Å². The zero-order valence-corrected chi connectivity index (χ0v) is 34.8. The Labute approximate surface area is 387 Å². The molecule has 2 heterocycles. The minimum atomic E-state index is -0.846. The van der Waals surface area contributed by atoms with Crippen molar-refractivity contribution >= 4 is 70.4 Å². The van der Waals surface area contributed by atoms with Crippen LogP contribution >= 0.6 is 11.3 Å². The van der Waals surface area contributed by atoms with E-state index < -0.39 is 70.9 Å². The molecule has 1 aliphatic carbocycles. The third kappa shape index (κ3) is 5.56. The van der Waals surface area contributed by atoms with E-state index in [-0.39, 0.29) is 5.69 Å². The molecule has 1 aliphatic rings. The van der Waals surface area contributed by atoms with E-state index in [1.807, 2.05) is 72.8 Å². The fourth-order valence-corrected chi connectivity index (χ4v) is 11.0. The van der Waals surface area contributed by atoms with Gasteiger partial charge >= 0.3 is 0 Å². The van der Waals surface area contributed by atoms with Gasteiger partial charge < -0.3 is 9.32 Å². The number of hydrogen-bond donors (Lipinski definition) is 0. The zero-order chi connectivity index (χ0) is 50.0. The number of oxazole rings is 1. The number of rotatable bonds is 7. The van der Waals surface area contributed by atoms with Crippen LogP contribution in [0.5, 0.6) is 0 Å². The van der Waals surface area contributed by atoms with Gasteiger partial charge in [0, 0.05) is 32.4 Å². The molecular weight excluding hydrogens is 797 g/mol. The molecule has 10 aromatic carbocycles. The Bertz CT molecular complexity index is 4170. The molecule has 0 bridgehead atoms. The number of hydrogen-bond acceptors (Lipinski definition) is 4. The molecule has 300 valence electrons. The van der Waals surface area contributed by atoms with Gasteiger partial charge in [-0.2, -0.15) is 0 Å². The number of benzene rings is 10. The lowest BCUT2D eigenvalue weighted by Crippen LogP contribution is -2.28. The second kappa shape index (κ2) is 14.5. The molecule has 0 amide bonds. The van der Waals surface area contributed by atoms with Crippen LogP contribution in [0.15, 0.2) is 235 Å². The van der Waals surface area contributed by atoms with Gasteiger partial charge in [0.1, 0.15) is 5.52 Å². The first-order valence-corrected chi connectivity index (χ1v) is 21.9. The molecule has 0 saturated heterocycles. The third-order valence-corrected chi connectivity index (χ3v) is 13.7. The van der Waals surface area contributed by atoms with Crippen molar-refractivity contribution in [1.82, 2.24) is 4.98 Å². The SMILES string of the molecule is [2H]c1c([2H])c([2H])c(-c2c([2H])c([2H])c(N(c3cccc(C4(c5ccccc5)c5ccccc5-c5ccccc54)c3)c3cc(-c4nc5ccccc5o4)cc4c3sc3ccc5ccccc5c34)c([2H])c2[2H])c([2H])c1[2H]. The lowest BCUT2D eigenvalue weighted by Gasteiger charge is -2.35. The molecule has 0 unspecified atom stereocenters. The summed E-state index contributed by atoms with van der Waals surface area (Å²) in [4.78, 5) is 6.75. The largest absolute Gasteiger partial charge is 0.436 e. The van der Waals surface area contributed by atoms with E-state index in [9.17, 15) is 5.48 Å². The Kier molecular flexibility index (Phi) is 6.47. The lowest BCUT2D eigenvalue weighted by atomic mass is 9.67. The molecule has 13 rings (SSSR count). The third-order valence-electron chi connectivity index (χ3n) is 12.5. The van der Waals surface area contributed by atoms with Gasteiger partial charge in [-0.25, -0.2) is 4.98 Å². The molecule has 3 nitrogen and oxygen atoms in total. The monoisotopic (exact) mass is 843 g/mol. The number of thiophene rings is 1. The van der Waals surface area contributed by atoms with Crippen molar-refractivity contribution in [2.75, 3.05) is 4.90 Å². The summed E-state index contributed by atoms with van der Waals surface area (Å²) in [5.41, 5.74) is 7.40. The van der Waals surface area contributed by atoms with Crippen LogP contribution in [0.1, 0.15) is 34.6 Å². The molecule has 4 heteroatoms. The number of aromatic nitrogens is 1. The van der Waals surface area contributed by atoms with Gasteiger partial charge in [-0.15, -0.1) is 11.3 Å². The quantitative estimate of drug-likeness (QED) is 0.160. The maximum absolute atomic E-state index is 10.0. The van der Waals surface area contributed by atoms with E-state index in [2.05, 4.69) is 103 Å². The van der Waals surface area contributed by atoms with Crippen LogP contribution in [0, 0.1) is 0 Å². The summed E-state index contributed by atoms with van der Waals surface area (Å²) in [6, 6.07) is 53.9. The Morgan fingerprint density at radius 1 is 0.516 bits per heavy atom. The summed E-state index contributed by atoms with van der Waals surface area (Å²) < 4.78 is 90.7. The number of fused-ring (bicyclic) bond motifs is 9. The predicted molar refractivity (Wildman–Crippen MR) is 267 cm³/mol. The van der Waals surface area contributed by atoms with Crippen LogP contribution in [-0.4, -0.2) is 4.98 Å². The highest BCUT2D eigenvalue weighted by Gasteiger charge is 2.46. The van der Waals surface area contributed by atoms with E-state index in [0.29, 0.717) is 33.9 Å². The Balaban J connectivity index is 1.17. The van der Waals surface area contributed by atoms with Crippen LogP contribution < -0.4 is 4.90 Å². The fraction of sp³-hybridized carbons (Fsp3) is 0.0167. The molecule has 0 aliphatic heterocycles. The first-order valence-electron chi connectivity index (χ1n) is 25.5. The molecule has 0 saturated carbocycles. The van der Waals surface area contributed by atoms with Crippen molar-refractivity contribution in [3.63, 3.8) is 0 Å². The number of para-hydroxylation sites is 2. The number of nitrogens with zero attached hydrogens (tertiary/aromatic N) is 2.